The summed E-state index contributed by atoms with van der Waals surface area (Å²) in [7, 11) is 0. The maximum Gasteiger partial charge on any atom is 0.247 e. The molecule has 4 rings (SSSR count). The van der Waals surface area contributed by atoms with E-state index in [4.69, 9.17) is 4.74 Å². The quantitative estimate of drug-likeness (QED) is 0.497. The molecule has 2 heterocycles. The molecule has 2 aromatic carbocycles. The summed E-state index contributed by atoms with van der Waals surface area (Å²) in [6.07, 6.45) is -0.815. The van der Waals surface area contributed by atoms with Gasteiger partial charge >= 0.3 is 0 Å². The molecule has 1 unspecified atom stereocenters. The lowest BCUT2D eigenvalue weighted by Gasteiger charge is -2.30. The Labute approximate surface area is 179 Å². The third-order valence-electron chi connectivity index (χ3n) is 4.35. The molecule has 1 aliphatic heterocycles. The fraction of sp³-hybridized carbons (Fsp3) is 0.200. The number of benzene rings is 2. The summed E-state index contributed by atoms with van der Waals surface area (Å²) in [5, 5.41) is 8.82. The van der Waals surface area contributed by atoms with Gasteiger partial charge in [-0.1, -0.05) is 52.8 Å². The smallest absolute Gasteiger partial charge is 0.247 e. The summed E-state index contributed by atoms with van der Waals surface area (Å²) >= 11 is 4.95. The van der Waals surface area contributed by atoms with Crippen molar-refractivity contribution in [3.05, 3.63) is 58.3 Å². The Morgan fingerprint density at radius 2 is 2.07 bits per heavy atom. The number of halogens is 2. The van der Waals surface area contributed by atoms with Crippen molar-refractivity contribution in [1.82, 2.24) is 15.2 Å². The van der Waals surface area contributed by atoms with Crippen LogP contribution < -0.4 is 9.64 Å². The van der Waals surface area contributed by atoms with E-state index in [1.54, 1.807) is 6.07 Å². The van der Waals surface area contributed by atoms with Crippen LogP contribution in [0.25, 0.3) is 11.3 Å². The third kappa shape index (κ3) is 3.72. The highest BCUT2D eigenvalue weighted by molar-refractivity contribution is 9.10. The fourth-order valence-corrected chi connectivity index (χ4v) is 4.13. The average Bonchev–Trinajstić information content (AvgIpc) is 2.82. The number of rotatable bonds is 3. The topological polar surface area (TPSA) is 68.2 Å². The van der Waals surface area contributed by atoms with Crippen LogP contribution in [0.3, 0.4) is 0 Å². The summed E-state index contributed by atoms with van der Waals surface area (Å²) in [4.78, 5) is 18.7. The lowest BCUT2D eigenvalue weighted by atomic mass is 10.1. The molecule has 0 aliphatic carbocycles. The van der Waals surface area contributed by atoms with Crippen molar-refractivity contribution in [2.45, 2.75) is 25.2 Å². The number of ether oxygens (including phenoxy) is 1. The fourth-order valence-electron chi connectivity index (χ4n) is 3.14. The Morgan fingerprint density at radius 1 is 1.28 bits per heavy atom. The first-order chi connectivity index (χ1) is 14.0. The predicted molar refractivity (Wildman–Crippen MR) is 112 cm³/mol. The van der Waals surface area contributed by atoms with E-state index in [0.717, 1.165) is 15.8 Å². The van der Waals surface area contributed by atoms with Gasteiger partial charge in [0.2, 0.25) is 23.2 Å². The van der Waals surface area contributed by atoms with Crippen molar-refractivity contribution < 1.29 is 13.9 Å². The minimum atomic E-state index is -0.815. The molecule has 0 spiro atoms. The first-order valence-corrected chi connectivity index (χ1v) is 10.7. The van der Waals surface area contributed by atoms with Gasteiger partial charge in [0.05, 0.1) is 5.69 Å². The van der Waals surface area contributed by atoms with Crippen LogP contribution in [0.1, 0.15) is 25.6 Å². The van der Waals surface area contributed by atoms with Crippen LogP contribution in [0.15, 0.2) is 52.1 Å². The molecule has 1 atom stereocenters. The molecule has 9 heteroatoms. The van der Waals surface area contributed by atoms with Gasteiger partial charge in [0.15, 0.2) is 5.69 Å². The van der Waals surface area contributed by atoms with Crippen LogP contribution >= 0.6 is 27.7 Å². The van der Waals surface area contributed by atoms with Gasteiger partial charge in [-0.25, -0.2) is 4.39 Å². The maximum absolute atomic E-state index is 14.1. The highest BCUT2D eigenvalue weighted by Gasteiger charge is 2.35. The number of anilines is 1. The second-order valence-corrected chi connectivity index (χ2v) is 8.31. The Hall–Kier alpha value is -2.52. The number of nitrogens with zero attached hydrogens (tertiary/aromatic N) is 4. The molecule has 1 amide bonds. The molecule has 0 radical (unpaired) electrons. The van der Waals surface area contributed by atoms with Crippen molar-refractivity contribution in [3.63, 3.8) is 0 Å². The van der Waals surface area contributed by atoms with E-state index in [2.05, 4.69) is 31.1 Å². The molecule has 0 saturated heterocycles. The lowest BCUT2D eigenvalue weighted by molar-refractivity contribution is -0.118. The van der Waals surface area contributed by atoms with Crippen molar-refractivity contribution in [2.75, 3.05) is 10.7 Å². The van der Waals surface area contributed by atoms with Gasteiger partial charge in [-0.2, -0.15) is 4.98 Å². The van der Waals surface area contributed by atoms with E-state index in [9.17, 15) is 9.18 Å². The second kappa shape index (κ2) is 8.08. The van der Waals surface area contributed by atoms with E-state index in [-0.39, 0.29) is 11.8 Å². The number of fused-ring (bicyclic) bond motifs is 3. The number of thioether (sulfide) groups is 1. The summed E-state index contributed by atoms with van der Waals surface area (Å²) in [5.74, 6) is 0.250. The number of aromatic nitrogens is 3. The molecular formula is C20H16BrFN4O2S. The van der Waals surface area contributed by atoms with E-state index in [1.165, 1.54) is 35.7 Å². The van der Waals surface area contributed by atoms with Crippen molar-refractivity contribution in [1.29, 1.82) is 0 Å². The van der Waals surface area contributed by atoms with Crippen LogP contribution in [0.4, 0.5) is 10.1 Å². The number of carbonyl (C=O) groups is 1. The second-order valence-electron chi connectivity index (χ2n) is 6.22. The van der Waals surface area contributed by atoms with E-state index < -0.39 is 12.0 Å². The van der Waals surface area contributed by atoms with Crippen LogP contribution in [0.5, 0.6) is 5.88 Å². The number of hydrogen-bond donors (Lipinski definition) is 0. The number of carbonyl (C=O) groups excluding carboxylic acids is 1. The highest BCUT2D eigenvalue weighted by atomic mass is 79.9. The Bertz CT molecular complexity index is 1100. The van der Waals surface area contributed by atoms with Gasteiger partial charge in [-0.3, -0.25) is 9.69 Å². The van der Waals surface area contributed by atoms with Gasteiger partial charge in [-0.05, 0) is 30.0 Å². The number of hydrogen-bond acceptors (Lipinski definition) is 6. The van der Waals surface area contributed by atoms with Crippen LogP contribution in [-0.4, -0.2) is 26.8 Å². The molecule has 3 aromatic rings. The number of amides is 1. The van der Waals surface area contributed by atoms with Crippen LogP contribution in [0, 0.1) is 5.82 Å². The zero-order chi connectivity index (χ0) is 20.5. The van der Waals surface area contributed by atoms with Crippen molar-refractivity contribution in [2.24, 2.45) is 0 Å². The lowest BCUT2D eigenvalue weighted by Crippen LogP contribution is -2.36. The molecule has 6 nitrogen and oxygen atoms in total. The molecule has 0 N–H and O–H groups in total. The van der Waals surface area contributed by atoms with Gasteiger partial charge < -0.3 is 4.74 Å². The zero-order valence-corrected chi connectivity index (χ0v) is 18.0. The zero-order valence-electron chi connectivity index (χ0n) is 15.6. The molecule has 0 saturated carbocycles. The minimum absolute atomic E-state index is 0.201. The monoisotopic (exact) mass is 474 g/mol. The molecule has 0 fully saturated rings. The molecule has 1 aliphatic rings. The SMILES string of the molecule is CCSc1nnc2c(n1)OC(c1ccccc1Br)N(C(C)=O)c1ccc(F)cc1-2. The first-order valence-electron chi connectivity index (χ1n) is 8.88. The molecular weight excluding hydrogens is 459 g/mol. The van der Waals surface area contributed by atoms with Crippen LogP contribution in [0.2, 0.25) is 0 Å². The summed E-state index contributed by atoms with van der Waals surface area (Å²) in [6.45, 7) is 3.42. The highest BCUT2D eigenvalue weighted by Crippen LogP contribution is 2.44. The summed E-state index contributed by atoms with van der Waals surface area (Å²) in [5.41, 5.74) is 1.90. The van der Waals surface area contributed by atoms with Crippen LogP contribution in [-0.2, 0) is 4.79 Å². The normalized spacial score (nSPS) is 15.2. The molecule has 0 bridgehead atoms. The average molecular weight is 475 g/mol. The predicted octanol–water partition coefficient (Wildman–Crippen LogP) is 5.00. The van der Waals surface area contributed by atoms with E-state index in [0.29, 0.717) is 22.1 Å². The Kier molecular flexibility index (Phi) is 5.51. The minimum Gasteiger partial charge on any atom is -0.447 e. The molecule has 148 valence electrons. The van der Waals surface area contributed by atoms with Crippen molar-refractivity contribution >= 4 is 39.3 Å². The Balaban J connectivity index is 1.99. The van der Waals surface area contributed by atoms with Crippen molar-refractivity contribution in [3.8, 4) is 17.1 Å². The van der Waals surface area contributed by atoms with Gasteiger partial charge in [0, 0.05) is 22.5 Å². The standard InChI is InChI=1S/C20H16BrFN4O2S/c1-3-29-20-23-18-17(24-25-20)14-10-12(22)8-9-16(14)26(11(2)27)19(28-18)13-6-4-5-7-15(13)21/h4-10,19H,3H2,1-2H3. The molecule has 1 aromatic heterocycles. The largest absolute Gasteiger partial charge is 0.447 e. The molecule has 29 heavy (non-hydrogen) atoms. The van der Waals surface area contributed by atoms with E-state index in [1.807, 2.05) is 31.2 Å². The van der Waals surface area contributed by atoms with Gasteiger partial charge in [0.1, 0.15) is 5.82 Å². The third-order valence-corrected chi connectivity index (χ3v) is 5.79. The summed E-state index contributed by atoms with van der Waals surface area (Å²) in [6, 6.07) is 11.6. The first kappa shape index (κ1) is 19.8. The Morgan fingerprint density at radius 3 is 2.79 bits per heavy atom. The summed E-state index contributed by atoms with van der Waals surface area (Å²) < 4.78 is 21.1. The van der Waals surface area contributed by atoms with Gasteiger partial charge in [0.25, 0.3) is 0 Å². The van der Waals surface area contributed by atoms with E-state index >= 15 is 0 Å². The van der Waals surface area contributed by atoms with Gasteiger partial charge in [-0.15, -0.1) is 10.2 Å². The maximum atomic E-state index is 14.1.